The van der Waals surface area contributed by atoms with E-state index in [1.54, 1.807) is 48.5 Å². The van der Waals surface area contributed by atoms with Crippen LogP contribution in [0.3, 0.4) is 0 Å². The first-order valence-corrected chi connectivity index (χ1v) is 10.7. The Balaban J connectivity index is 1.12. The Kier molecular flexibility index (Phi) is 6.21. The van der Waals surface area contributed by atoms with E-state index in [4.69, 9.17) is 32.7 Å². The molecule has 3 unspecified atom stereocenters. The van der Waals surface area contributed by atoms with Crippen LogP contribution in [0, 0.1) is 17.3 Å². The number of rotatable bonds is 10. The molecule has 158 valence electrons. The van der Waals surface area contributed by atoms with Crippen molar-refractivity contribution in [3.63, 3.8) is 0 Å². The highest BCUT2D eigenvalue weighted by molar-refractivity contribution is 6.30. The van der Waals surface area contributed by atoms with Crippen molar-refractivity contribution in [1.82, 2.24) is 5.32 Å². The number of benzene rings is 2. The molecule has 0 heterocycles. The number of nitrogens with one attached hydrogen (secondary N) is 1. The van der Waals surface area contributed by atoms with Gasteiger partial charge in [-0.3, -0.25) is 9.59 Å². The second kappa shape index (κ2) is 8.86. The summed E-state index contributed by atoms with van der Waals surface area (Å²) in [6.45, 7) is 0.704. The molecule has 0 aromatic heterocycles. The fourth-order valence-electron chi connectivity index (χ4n) is 4.33. The minimum Gasteiger partial charge on any atom is -0.486 e. The fraction of sp³-hybridized carbons (Fsp3) is 0.391. The summed E-state index contributed by atoms with van der Waals surface area (Å²) in [5, 5.41) is 4.22. The van der Waals surface area contributed by atoms with Crippen LogP contribution < -0.4 is 14.8 Å². The third kappa shape index (κ3) is 5.08. The smallest absolute Gasteiger partial charge is 0.257 e. The lowest BCUT2D eigenvalue weighted by molar-refractivity contribution is -0.125. The summed E-state index contributed by atoms with van der Waals surface area (Å²) in [5.41, 5.74) is 0.178. The van der Waals surface area contributed by atoms with Crippen LogP contribution in [0.4, 0.5) is 0 Å². The first-order chi connectivity index (χ1) is 14.4. The minimum absolute atomic E-state index is 0.0215. The Bertz CT molecular complexity index is 916. The molecule has 2 aromatic carbocycles. The fourth-order valence-corrected chi connectivity index (χ4v) is 4.58. The monoisotopic (exact) mass is 447 g/mol. The lowest BCUT2D eigenvalue weighted by Crippen LogP contribution is -2.40. The average Bonchev–Trinajstić information content (AvgIpc) is 3.34. The maximum atomic E-state index is 12.2. The van der Waals surface area contributed by atoms with Crippen molar-refractivity contribution in [1.29, 1.82) is 0 Å². The largest absolute Gasteiger partial charge is 0.486 e. The van der Waals surface area contributed by atoms with Crippen LogP contribution in [0.1, 0.15) is 19.3 Å². The summed E-state index contributed by atoms with van der Waals surface area (Å²) in [5.74, 6) is 2.14. The average molecular weight is 448 g/mol. The van der Waals surface area contributed by atoms with Gasteiger partial charge in [0.2, 0.25) is 0 Å². The van der Waals surface area contributed by atoms with Crippen LogP contribution in [0.2, 0.25) is 10.0 Å². The minimum atomic E-state index is -0.138. The molecule has 0 aliphatic heterocycles. The van der Waals surface area contributed by atoms with Gasteiger partial charge in [-0.25, -0.2) is 0 Å². The van der Waals surface area contributed by atoms with Crippen LogP contribution in [-0.2, 0) is 9.59 Å². The Labute approximate surface area is 185 Å². The molecule has 30 heavy (non-hydrogen) atoms. The number of carbonyl (C=O) groups excluding carboxylic acids is 2. The lowest BCUT2D eigenvalue weighted by Gasteiger charge is -2.34. The number of Topliss-reactive ketones (excluding diaryl/α,β-unsaturated/α-hetero) is 1. The highest BCUT2D eigenvalue weighted by atomic mass is 35.5. The van der Waals surface area contributed by atoms with Gasteiger partial charge in [0, 0.05) is 23.0 Å². The molecule has 0 saturated heterocycles. The summed E-state index contributed by atoms with van der Waals surface area (Å²) in [4.78, 5) is 24.3. The standard InChI is InChI=1S/C23H23Cl2NO4/c24-16-1-5-19(6-2-16)29-12-18(27)9-15-10-23(11-21(15)23)14-26-22(28)13-30-20-7-3-17(25)4-8-20/h1-8,15,21H,9-14H2,(H,26,28). The molecule has 0 spiro atoms. The SMILES string of the molecule is O=C(COc1ccc(Cl)cc1)CC1CC2(CNC(=O)COc3ccc(Cl)cc3)CC12. The van der Waals surface area contributed by atoms with Crippen LogP contribution in [0.15, 0.2) is 48.5 Å². The van der Waals surface area contributed by atoms with Crippen molar-refractivity contribution >= 4 is 34.9 Å². The zero-order valence-electron chi connectivity index (χ0n) is 16.4. The molecule has 0 radical (unpaired) electrons. The number of ketones is 1. The van der Waals surface area contributed by atoms with Crippen molar-refractivity contribution in [3.8, 4) is 11.5 Å². The van der Waals surface area contributed by atoms with E-state index in [2.05, 4.69) is 5.32 Å². The molecule has 2 saturated carbocycles. The van der Waals surface area contributed by atoms with E-state index in [1.165, 1.54) is 0 Å². The van der Waals surface area contributed by atoms with Crippen molar-refractivity contribution < 1.29 is 19.1 Å². The van der Waals surface area contributed by atoms with E-state index in [-0.39, 0.29) is 30.3 Å². The van der Waals surface area contributed by atoms with Crippen molar-refractivity contribution in [2.75, 3.05) is 19.8 Å². The van der Waals surface area contributed by atoms with Gasteiger partial charge in [-0.2, -0.15) is 0 Å². The summed E-state index contributed by atoms with van der Waals surface area (Å²) in [6, 6.07) is 13.9. The number of hydrogen-bond donors (Lipinski definition) is 1. The van der Waals surface area contributed by atoms with Crippen LogP contribution in [0.25, 0.3) is 0 Å². The molecule has 5 nitrogen and oxygen atoms in total. The number of hydrogen-bond acceptors (Lipinski definition) is 4. The molecule has 4 rings (SSSR count). The molecule has 3 atom stereocenters. The molecular formula is C23H23Cl2NO4. The number of halogens is 2. The van der Waals surface area contributed by atoms with E-state index < -0.39 is 0 Å². The van der Waals surface area contributed by atoms with E-state index in [1.807, 2.05) is 0 Å². The summed E-state index contributed by atoms with van der Waals surface area (Å²) in [6.07, 6.45) is 2.58. The lowest BCUT2D eigenvalue weighted by atomic mass is 9.72. The number of carbonyl (C=O) groups is 2. The van der Waals surface area contributed by atoms with Gasteiger partial charge in [0.1, 0.15) is 18.1 Å². The van der Waals surface area contributed by atoms with E-state index in [0.717, 1.165) is 12.8 Å². The Hall–Kier alpha value is -2.24. The highest BCUT2D eigenvalue weighted by Gasteiger charge is 2.66. The summed E-state index contributed by atoms with van der Waals surface area (Å²) >= 11 is 11.7. The van der Waals surface area contributed by atoms with Gasteiger partial charge in [0.05, 0.1) is 0 Å². The van der Waals surface area contributed by atoms with E-state index in [0.29, 0.717) is 46.3 Å². The van der Waals surface area contributed by atoms with Gasteiger partial charge in [-0.15, -0.1) is 0 Å². The zero-order chi connectivity index (χ0) is 21.1. The third-order valence-electron chi connectivity index (χ3n) is 6.02. The Morgan fingerprint density at radius 1 is 0.900 bits per heavy atom. The molecular weight excluding hydrogens is 425 g/mol. The van der Waals surface area contributed by atoms with Gasteiger partial charge in [-0.05, 0) is 78.6 Å². The van der Waals surface area contributed by atoms with Crippen LogP contribution in [-0.4, -0.2) is 31.4 Å². The van der Waals surface area contributed by atoms with Gasteiger partial charge >= 0.3 is 0 Å². The zero-order valence-corrected chi connectivity index (χ0v) is 17.9. The maximum Gasteiger partial charge on any atom is 0.257 e. The number of fused-ring (bicyclic) bond motifs is 1. The number of amides is 1. The number of ether oxygens (including phenoxy) is 2. The first-order valence-electron chi connectivity index (χ1n) is 9.99. The first kappa shape index (κ1) is 21.0. The maximum absolute atomic E-state index is 12.2. The Morgan fingerprint density at radius 3 is 2.03 bits per heavy atom. The molecule has 2 aliphatic rings. The summed E-state index contributed by atoms with van der Waals surface area (Å²) in [7, 11) is 0. The molecule has 2 aromatic rings. The predicted molar refractivity (Wildman–Crippen MR) is 115 cm³/mol. The third-order valence-corrected chi connectivity index (χ3v) is 6.52. The molecule has 7 heteroatoms. The molecule has 0 bridgehead atoms. The Morgan fingerprint density at radius 2 is 1.47 bits per heavy atom. The van der Waals surface area contributed by atoms with Gasteiger partial charge < -0.3 is 14.8 Å². The molecule has 1 N–H and O–H groups in total. The van der Waals surface area contributed by atoms with Crippen LogP contribution in [0.5, 0.6) is 11.5 Å². The molecule has 2 fully saturated rings. The second-order valence-corrected chi connectivity index (χ2v) is 9.01. The predicted octanol–water partition coefficient (Wildman–Crippen LogP) is 4.55. The van der Waals surface area contributed by atoms with E-state index >= 15 is 0 Å². The van der Waals surface area contributed by atoms with Crippen molar-refractivity contribution in [3.05, 3.63) is 58.6 Å². The topological polar surface area (TPSA) is 64.6 Å². The molecule has 2 aliphatic carbocycles. The second-order valence-electron chi connectivity index (χ2n) is 8.14. The highest BCUT2D eigenvalue weighted by Crippen LogP contribution is 2.71. The summed E-state index contributed by atoms with van der Waals surface area (Å²) < 4.78 is 11.0. The normalized spacial score (nSPS) is 23.7. The van der Waals surface area contributed by atoms with Gasteiger partial charge in [-0.1, -0.05) is 23.2 Å². The quantitative estimate of drug-likeness (QED) is 0.579. The van der Waals surface area contributed by atoms with E-state index in [9.17, 15) is 9.59 Å². The van der Waals surface area contributed by atoms with Crippen molar-refractivity contribution in [2.45, 2.75) is 19.3 Å². The van der Waals surface area contributed by atoms with Crippen molar-refractivity contribution in [2.24, 2.45) is 17.3 Å². The van der Waals surface area contributed by atoms with Crippen LogP contribution >= 0.6 is 23.2 Å². The molecule has 1 amide bonds. The van der Waals surface area contributed by atoms with Gasteiger partial charge in [0.25, 0.3) is 5.91 Å². The van der Waals surface area contributed by atoms with Gasteiger partial charge in [0.15, 0.2) is 12.4 Å².